The van der Waals surface area contributed by atoms with Gasteiger partial charge in [-0.05, 0) is 48.7 Å². The van der Waals surface area contributed by atoms with Crippen LogP contribution in [0.1, 0.15) is 35.2 Å². The Morgan fingerprint density at radius 3 is 2.32 bits per heavy atom. The third-order valence-electron chi connectivity index (χ3n) is 4.81. The van der Waals surface area contributed by atoms with Crippen LogP contribution in [0, 0.1) is 0 Å². The highest BCUT2D eigenvalue weighted by molar-refractivity contribution is 6.30. The first kappa shape index (κ1) is 17.5. The molecule has 0 unspecified atom stereocenters. The first-order chi connectivity index (χ1) is 11.9. The molecule has 130 valence electrons. The zero-order valence-electron chi connectivity index (χ0n) is 14.4. The highest BCUT2D eigenvalue weighted by Crippen LogP contribution is 2.44. The zero-order valence-corrected chi connectivity index (χ0v) is 15.1. The molecule has 4 nitrogen and oxygen atoms in total. The predicted molar refractivity (Wildman–Crippen MR) is 100 cm³/mol. The molecule has 0 spiro atoms. The second kappa shape index (κ2) is 6.89. The number of amides is 2. The maximum absolute atomic E-state index is 13.0. The van der Waals surface area contributed by atoms with Crippen LogP contribution < -0.4 is 5.32 Å². The summed E-state index contributed by atoms with van der Waals surface area (Å²) in [5.74, 6) is -0.123. The molecule has 3 rings (SSSR count). The molecule has 2 aromatic rings. The molecular formula is C20H21ClN2O2. The Morgan fingerprint density at radius 2 is 1.76 bits per heavy atom. The van der Waals surface area contributed by atoms with E-state index in [9.17, 15) is 9.59 Å². The number of carbonyl (C=O) groups is 2. The van der Waals surface area contributed by atoms with Crippen molar-refractivity contribution in [2.24, 2.45) is 0 Å². The maximum atomic E-state index is 13.0. The Morgan fingerprint density at radius 1 is 1.08 bits per heavy atom. The molecule has 0 aliphatic heterocycles. The van der Waals surface area contributed by atoms with Crippen LogP contribution in [0.3, 0.4) is 0 Å². The Kier molecular flexibility index (Phi) is 4.82. The number of anilines is 1. The van der Waals surface area contributed by atoms with E-state index in [0.717, 1.165) is 24.8 Å². The van der Waals surface area contributed by atoms with E-state index in [2.05, 4.69) is 5.32 Å². The number of halogens is 1. The van der Waals surface area contributed by atoms with E-state index in [4.69, 9.17) is 11.6 Å². The van der Waals surface area contributed by atoms with E-state index in [1.807, 2.05) is 24.3 Å². The molecule has 1 saturated carbocycles. The van der Waals surface area contributed by atoms with Gasteiger partial charge in [0.2, 0.25) is 5.91 Å². The molecule has 1 fully saturated rings. The molecule has 0 heterocycles. The second-order valence-electron chi connectivity index (χ2n) is 6.68. The lowest BCUT2D eigenvalue weighted by atomic mass is 9.64. The van der Waals surface area contributed by atoms with Gasteiger partial charge in [-0.1, -0.05) is 36.2 Å². The van der Waals surface area contributed by atoms with Crippen molar-refractivity contribution in [1.29, 1.82) is 0 Å². The summed E-state index contributed by atoms with van der Waals surface area (Å²) in [5, 5.41) is 3.65. The van der Waals surface area contributed by atoms with Crippen LogP contribution in [-0.4, -0.2) is 30.8 Å². The first-order valence-electron chi connectivity index (χ1n) is 8.32. The summed E-state index contributed by atoms with van der Waals surface area (Å²) < 4.78 is 0. The molecule has 2 aromatic carbocycles. The fourth-order valence-electron chi connectivity index (χ4n) is 3.18. The SMILES string of the molecule is CN(C)C(=O)c1cccc(NC(=O)C2(c3ccc(Cl)cc3)CCC2)c1. The molecular weight excluding hydrogens is 336 g/mol. The van der Waals surface area contributed by atoms with Crippen molar-refractivity contribution in [3.05, 3.63) is 64.7 Å². The van der Waals surface area contributed by atoms with Gasteiger partial charge in [-0.15, -0.1) is 0 Å². The highest BCUT2D eigenvalue weighted by Gasteiger charge is 2.45. The van der Waals surface area contributed by atoms with E-state index in [1.165, 1.54) is 4.90 Å². The lowest BCUT2D eigenvalue weighted by molar-refractivity contribution is -0.124. The van der Waals surface area contributed by atoms with Gasteiger partial charge in [0, 0.05) is 30.4 Å². The highest BCUT2D eigenvalue weighted by atomic mass is 35.5. The van der Waals surface area contributed by atoms with Gasteiger partial charge in [-0.3, -0.25) is 9.59 Å². The average Bonchev–Trinajstić information content (AvgIpc) is 2.55. The van der Waals surface area contributed by atoms with Crippen molar-refractivity contribution >= 4 is 29.1 Å². The van der Waals surface area contributed by atoms with Crippen molar-refractivity contribution in [1.82, 2.24) is 4.90 Å². The van der Waals surface area contributed by atoms with E-state index in [-0.39, 0.29) is 11.8 Å². The van der Waals surface area contributed by atoms with Gasteiger partial charge in [0.1, 0.15) is 0 Å². The van der Waals surface area contributed by atoms with Crippen LogP contribution in [0.2, 0.25) is 5.02 Å². The van der Waals surface area contributed by atoms with Gasteiger partial charge in [-0.25, -0.2) is 0 Å². The van der Waals surface area contributed by atoms with Gasteiger partial charge < -0.3 is 10.2 Å². The number of nitrogens with zero attached hydrogens (tertiary/aromatic N) is 1. The van der Waals surface area contributed by atoms with Crippen LogP contribution in [-0.2, 0) is 10.2 Å². The normalized spacial score (nSPS) is 15.2. The summed E-state index contributed by atoms with van der Waals surface area (Å²) in [4.78, 5) is 26.6. The molecule has 2 amide bonds. The van der Waals surface area contributed by atoms with Gasteiger partial charge in [-0.2, -0.15) is 0 Å². The Hall–Kier alpha value is -2.33. The summed E-state index contributed by atoms with van der Waals surface area (Å²) in [6, 6.07) is 14.5. The van der Waals surface area contributed by atoms with Crippen LogP contribution in [0.4, 0.5) is 5.69 Å². The van der Waals surface area contributed by atoms with Gasteiger partial charge >= 0.3 is 0 Å². The summed E-state index contributed by atoms with van der Waals surface area (Å²) in [6.45, 7) is 0. The molecule has 0 radical (unpaired) electrons. The quantitative estimate of drug-likeness (QED) is 0.896. The molecule has 0 saturated heterocycles. The van der Waals surface area contributed by atoms with Crippen molar-refractivity contribution < 1.29 is 9.59 Å². The summed E-state index contributed by atoms with van der Waals surface area (Å²) >= 11 is 5.97. The minimum absolute atomic E-state index is 0.0319. The third kappa shape index (κ3) is 3.40. The minimum Gasteiger partial charge on any atom is -0.345 e. The molecule has 1 N–H and O–H groups in total. The van der Waals surface area contributed by atoms with Crippen molar-refractivity contribution in [3.63, 3.8) is 0 Å². The number of nitrogens with one attached hydrogen (secondary N) is 1. The topological polar surface area (TPSA) is 49.4 Å². The number of hydrogen-bond acceptors (Lipinski definition) is 2. The standard InChI is InChI=1S/C20H21ClN2O2/c1-23(2)18(24)14-5-3-6-17(13-14)22-19(25)20(11-4-12-20)15-7-9-16(21)10-8-15/h3,5-10,13H,4,11-12H2,1-2H3,(H,22,25). The molecule has 0 atom stereocenters. The number of rotatable bonds is 4. The Bertz CT molecular complexity index is 796. The summed E-state index contributed by atoms with van der Waals surface area (Å²) in [7, 11) is 3.41. The van der Waals surface area contributed by atoms with Crippen LogP contribution in [0.15, 0.2) is 48.5 Å². The number of hydrogen-bond donors (Lipinski definition) is 1. The largest absolute Gasteiger partial charge is 0.345 e. The molecule has 25 heavy (non-hydrogen) atoms. The first-order valence-corrected chi connectivity index (χ1v) is 8.69. The molecule has 1 aliphatic carbocycles. The predicted octanol–water partition coefficient (Wildman–Crippen LogP) is 4.10. The molecule has 0 bridgehead atoms. The van der Waals surface area contributed by atoms with Crippen molar-refractivity contribution in [2.45, 2.75) is 24.7 Å². The number of benzene rings is 2. The van der Waals surface area contributed by atoms with Gasteiger partial charge in [0.25, 0.3) is 5.91 Å². The second-order valence-corrected chi connectivity index (χ2v) is 7.11. The van der Waals surface area contributed by atoms with Gasteiger partial charge in [0.15, 0.2) is 0 Å². The molecule has 1 aliphatic rings. The minimum atomic E-state index is -0.508. The van der Waals surface area contributed by atoms with Crippen LogP contribution >= 0.6 is 11.6 Å². The monoisotopic (exact) mass is 356 g/mol. The van der Waals surface area contributed by atoms with E-state index in [0.29, 0.717) is 16.3 Å². The molecule has 5 heteroatoms. The lowest BCUT2D eigenvalue weighted by Crippen LogP contribution is -2.46. The molecule has 0 aromatic heterocycles. The van der Waals surface area contributed by atoms with E-state index < -0.39 is 5.41 Å². The Balaban J connectivity index is 1.82. The smallest absolute Gasteiger partial charge is 0.253 e. The summed E-state index contributed by atoms with van der Waals surface area (Å²) in [5.41, 5.74) is 1.67. The van der Waals surface area contributed by atoms with Crippen molar-refractivity contribution in [2.75, 3.05) is 19.4 Å². The summed E-state index contributed by atoms with van der Waals surface area (Å²) in [6.07, 6.45) is 2.66. The van der Waals surface area contributed by atoms with E-state index >= 15 is 0 Å². The van der Waals surface area contributed by atoms with Crippen LogP contribution in [0.25, 0.3) is 0 Å². The average molecular weight is 357 g/mol. The Labute approximate surface area is 152 Å². The fourth-order valence-corrected chi connectivity index (χ4v) is 3.31. The zero-order chi connectivity index (χ0) is 18.0. The van der Waals surface area contributed by atoms with Gasteiger partial charge in [0.05, 0.1) is 5.41 Å². The van der Waals surface area contributed by atoms with Crippen LogP contribution in [0.5, 0.6) is 0 Å². The third-order valence-corrected chi connectivity index (χ3v) is 5.06. The van der Waals surface area contributed by atoms with E-state index in [1.54, 1.807) is 38.4 Å². The maximum Gasteiger partial charge on any atom is 0.253 e. The fraction of sp³-hybridized carbons (Fsp3) is 0.300. The number of carbonyl (C=O) groups excluding carboxylic acids is 2. The lowest BCUT2D eigenvalue weighted by Gasteiger charge is -2.40. The van der Waals surface area contributed by atoms with Crippen molar-refractivity contribution in [3.8, 4) is 0 Å².